The molecule has 0 aromatic heterocycles. The van der Waals surface area contributed by atoms with E-state index in [4.69, 9.17) is 0 Å². The van der Waals surface area contributed by atoms with Gasteiger partial charge >= 0.3 is 0 Å². The number of hydrogen-bond acceptors (Lipinski definition) is 5. The summed E-state index contributed by atoms with van der Waals surface area (Å²) >= 11 is 0. The molecule has 1 fully saturated rings. The quantitative estimate of drug-likeness (QED) is 0.604. The van der Waals surface area contributed by atoms with Crippen LogP contribution < -0.4 is 0 Å². The van der Waals surface area contributed by atoms with Crippen molar-refractivity contribution in [2.24, 2.45) is 5.92 Å². The van der Waals surface area contributed by atoms with Gasteiger partial charge in [0, 0.05) is 18.4 Å². The van der Waals surface area contributed by atoms with Crippen molar-refractivity contribution in [3.63, 3.8) is 0 Å². The van der Waals surface area contributed by atoms with Crippen molar-refractivity contribution in [1.29, 1.82) is 0 Å². The number of benzene rings is 1. The predicted molar refractivity (Wildman–Crippen MR) is 73.9 cm³/mol. The highest BCUT2D eigenvalue weighted by Crippen LogP contribution is 2.28. The smallest absolute Gasteiger partial charge is 0.180 e. The zero-order valence-corrected chi connectivity index (χ0v) is 12.1. The van der Waals surface area contributed by atoms with Crippen LogP contribution in [-0.2, 0) is 25.8 Å². The van der Waals surface area contributed by atoms with E-state index in [2.05, 4.69) is 0 Å². The molecular weight excluding hydrogens is 292 g/mol. The van der Waals surface area contributed by atoms with Crippen molar-refractivity contribution in [1.82, 2.24) is 0 Å². The lowest BCUT2D eigenvalue weighted by atomic mass is 9.81. The molecule has 1 heterocycles. The third kappa shape index (κ3) is 2.33. The van der Waals surface area contributed by atoms with E-state index in [9.17, 15) is 22.8 Å². The van der Waals surface area contributed by atoms with Crippen LogP contribution in [0.25, 0.3) is 0 Å². The van der Waals surface area contributed by atoms with Gasteiger partial charge in [-0.3, -0.25) is 14.4 Å². The molecule has 21 heavy (non-hydrogen) atoms. The van der Waals surface area contributed by atoms with Gasteiger partial charge < -0.3 is 0 Å². The van der Waals surface area contributed by atoms with Gasteiger partial charge in [-0.1, -0.05) is 6.07 Å². The van der Waals surface area contributed by atoms with Gasteiger partial charge in [0.1, 0.15) is 5.92 Å². The van der Waals surface area contributed by atoms with Crippen molar-refractivity contribution >= 4 is 27.2 Å². The van der Waals surface area contributed by atoms with E-state index in [0.717, 1.165) is 0 Å². The standard InChI is InChI=1S/C15H14O5S/c16-11-2-1-3-12(17)14(11)15(18)10-4-5-13-9(8-10)6-7-21(13,19)20/h4-5,8,14H,1-3,6-7H2. The fraction of sp³-hybridized carbons (Fsp3) is 0.400. The molecule has 2 aliphatic rings. The van der Waals surface area contributed by atoms with Crippen molar-refractivity contribution in [3.8, 4) is 0 Å². The molecule has 3 rings (SSSR count). The monoisotopic (exact) mass is 306 g/mol. The van der Waals surface area contributed by atoms with E-state index >= 15 is 0 Å². The maximum Gasteiger partial charge on any atom is 0.180 e. The van der Waals surface area contributed by atoms with E-state index in [1.54, 1.807) is 0 Å². The Morgan fingerprint density at radius 2 is 1.71 bits per heavy atom. The van der Waals surface area contributed by atoms with Crippen molar-refractivity contribution in [2.45, 2.75) is 30.6 Å². The number of rotatable bonds is 2. The average molecular weight is 306 g/mol. The van der Waals surface area contributed by atoms with Gasteiger partial charge in [0.05, 0.1) is 10.6 Å². The van der Waals surface area contributed by atoms with Crippen LogP contribution in [0.3, 0.4) is 0 Å². The minimum absolute atomic E-state index is 0.0429. The normalized spacial score (nSPS) is 21.3. The lowest BCUT2D eigenvalue weighted by Gasteiger charge is -2.18. The van der Waals surface area contributed by atoms with Gasteiger partial charge in [0.2, 0.25) is 0 Å². The summed E-state index contributed by atoms with van der Waals surface area (Å²) in [5, 5.41) is 0. The van der Waals surface area contributed by atoms with E-state index < -0.39 is 21.5 Å². The maximum atomic E-state index is 12.4. The second-order valence-corrected chi connectivity index (χ2v) is 7.55. The summed E-state index contributed by atoms with van der Waals surface area (Å²) in [4.78, 5) is 36.3. The molecule has 0 atom stereocenters. The molecule has 0 spiro atoms. The maximum absolute atomic E-state index is 12.4. The number of carbonyl (C=O) groups excluding carboxylic acids is 3. The first-order valence-electron chi connectivity index (χ1n) is 6.85. The second-order valence-electron chi connectivity index (χ2n) is 5.47. The predicted octanol–water partition coefficient (Wildman–Crippen LogP) is 1.14. The Morgan fingerprint density at radius 1 is 1.05 bits per heavy atom. The van der Waals surface area contributed by atoms with Gasteiger partial charge in [-0.25, -0.2) is 8.42 Å². The molecule has 0 amide bonds. The molecule has 1 aromatic carbocycles. The fourth-order valence-corrected chi connectivity index (χ4v) is 4.49. The van der Waals surface area contributed by atoms with Crippen LogP contribution in [0.1, 0.15) is 35.2 Å². The minimum atomic E-state index is -3.24. The van der Waals surface area contributed by atoms with Crippen LogP contribution in [0.4, 0.5) is 0 Å². The number of sulfone groups is 1. The molecule has 0 saturated heterocycles. The van der Waals surface area contributed by atoms with E-state index in [-0.39, 0.29) is 40.6 Å². The molecular formula is C15H14O5S. The number of hydrogen-bond donors (Lipinski definition) is 0. The number of Topliss-reactive ketones (excluding diaryl/α,β-unsaturated/α-hetero) is 3. The number of aryl methyl sites for hydroxylation is 1. The summed E-state index contributed by atoms with van der Waals surface area (Å²) in [7, 11) is -3.24. The Kier molecular flexibility index (Phi) is 3.28. The molecule has 0 bridgehead atoms. The Bertz CT molecular complexity index is 744. The Morgan fingerprint density at radius 3 is 2.38 bits per heavy atom. The van der Waals surface area contributed by atoms with Gasteiger partial charge in [0.15, 0.2) is 27.2 Å². The van der Waals surface area contributed by atoms with Gasteiger partial charge in [-0.15, -0.1) is 0 Å². The van der Waals surface area contributed by atoms with Crippen LogP contribution in [0.15, 0.2) is 23.1 Å². The first-order valence-corrected chi connectivity index (χ1v) is 8.51. The molecule has 6 heteroatoms. The highest BCUT2D eigenvalue weighted by molar-refractivity contribution is 7.91. The summed E-state index contributed by atoms with van der Waals surface area (Å²) in [6, 6.07) is 4.32. The number of fused-ring (bicyclic) bond motifs is 1. The molecule has 1 saturated carbocycles. The van der Waals surface area contributed by atoms with Crippen LogP contribution in [-0.4, -0.2) is 31.5 Å². The van der Waals surface area contributed by atoms with E-state index in [1.165, 1.54) is 18.2 Å². The largest absolute Gasteiger partial charge is 0.298 e. The summed E-state index contributed by atoms with van der Waals surface area (Å²) in [6.07, 6.45) is 1.37. The summed E-state index contributed by atoms with van der Waals surface area (Å²) < 4.78 is 23.5. The number of ketones is 3. The third-order valence-corrected chi connectivity index (χ3v) is 5.88. The SMILES string of the molecule is O=C1CCCC(=O)C1C(=O)c1ccc2c(c1)CCS2(=O)=O. The Hall–Kier alpha value is -1.82. The summed E-state index contributed by atoms with van der Waals surface area (Å²) in [6.45, 7) is 0. The Balaban J connectivity index is 1.96. The van der Waals surface area contributed by atoms with Gasteiger partial charge in [-0.2, -0.15) is 0 Å². The molecule has 1 aromatic rings. The number of carbonyl (C=O) groups is 3. The molecule has 1 aliphatic carbocycles. The summed E-state index contributed by atoms with van der Waals surface area (Å²) in [5.74, 6) is -2.32. The lowest BCUT2D eigenvalue weighted by Crippen LogP contribution is -2.35. The van der Waals surface area contributed by atoms with E-state index in [0.29, 0.717) is 18.4 Å². The third-order valence-electron chi connectivity index (χ3n) is 4.07. The van der Waals surface area contributed by atoms with Gasteiger partial charge in [-0.05, 0) is 30.5 Å². The molecule has 5 nitrogen and oxygen atoms in total. The van der Waals surface area contributed by atoms with Gasteiger partial charge in [0.25, 0.3) is 0 Å². The molecule has 110 valence electrons. The molecule has 0 radical (unpaired) electrons. The van der Waals surface area contributed by atoms with E-state index in [1.807, 2.05) is 0 Å². The topological polar surface area (TPSA) is 85.3 Å². The van der Waals surface area contributed by atoms with Crippen molar-refractivity contribution in [2.75, 3.05) is 5.75 Å². The van der Waals surface area contributed by atoms with Crippen molar-refractivity contribution in [3.05, 3.63) is 29.3 Å². The average Bonchev–Trinajstić information content (AvgIpc) is 2.74. The zero-order valence-electron chi connectivity index (χ0n) is 11.3. The van der Waals surface area contributed by atoms with Crippen LogP contribution in [0.2, 0.25) is 0 Å². The second kappa shape index (κ2) is 4.87. The highest BCUT2D eigenvalue weighted by Gasteiger charge is 2.37. The minimum Gasteiger partial charge on any atom is -0.298 e. The van der Waals surface area contributed by atoms with Crippen LogP contribution in [0.5, 0.6) is 0 Å². The fourth-order valence-electron chi connectivity index (χ4n) is 2.95. The van der Waals surface area contributed by atoms with Crippen molar-refractivity contribution < 1.29 is 22.8 Å². The highest BCUT2D eigenvalue weighted by atomic mass is 32.2. The molecule has 1 aliphatic heterocycles. The van der Waals surface area contributed by atoms with Crippen LogP contribution >= 0.6 is 0 Å². The first-order chi connectivity index (χ1) is 9.90. The molecule has 0 N–H and O–H groups in total. The Labute approximate surface area is 122 Å². The lowest BCUT2D eigenvalue weighted by molar-refractivity contribution is -0.133. The van der Waals surface area contributed by atoms with Crippen LogP contribution in [0, 0.1) is 5.92 Å². The summed E-state index contributed by atoms with van der Waals surface area (Å²) in [5.41, 5.74) is 0.844. The molecule has 0 unspecified atom stereocenters. The zero-order chi connectivity index (χ0) is 15.2. The first kappa shape index (κ1) is 14.1.